The van der Waals surface area contributed by atoms with Crippen molar-refractivity contribution in [3.63, 3.8) is 0 Å². The van der Waals surface area contributed by atoms with Gasteiger partial charge < -0.3 is 4.74 Å². The van der Waals surface area contributed by atoms with Crippen molar-refractivity contribution in [1.82, 2.24) is 4.98 Å². The first-order chi connectivity index (χ1) is 8.42. The molecular formula is C8H2F8INO. The van der Waals surface area contributed by atoms with E-state index in [1.54, 1.807) is 0 Å². The Bertz CT molecular complexity index is 469. The van der Waals surface area contributed by atoms with E-state index < -0.39 is 39.7 Å². The predicted molar refractivity (Wildman–Crippen MR) is 53.6 cm³/mol. The van der Waals surface area contributed by atoms with Gasteiger partial charge in [-0.3, -0.25) is 0 Å². The summed E-state index contributed by atoms with van der Waals surface area (Å²) in [5.74, 6) is -2.03. The molecular weight excluding hydrogens is 405 g/mol. The Hall–Kier alpha value is -0.880. The van der Waals surface area contributed by atoms with Gasteiger partial charge in [0.15, 0.2) is 11.4 Å². The van der Waals surface area contributed by atoms with E-state index in [2.05, 4.69) is 9.72 Å². The zero-order valence-electron chi connectivity index (χ0n) is 8.41. The lowest BCUT2D eigenvalue weighted by Gasteiger charge is -2.18. The quantitative estimate of drug-likeness (QED) is 0.408. The van der Waals surface area contributed by atoms with Gasteiger partial charge in [-0.25, -0.2) is 13.8 Å². The van der Waals surface area contributed by atoms with Crippen LogP contribution in [-0.2, 0) is 6.18 Å². The normalized spacial score (nSPS) is 12.9. The largest absolute Gasteiger partial charge is 0.573 e. The zero-order chi connectivity index (χ0) is 15.0. The van der Waals surface area contributed by atoms with Gasteiger partial charge in [0.05, 0.1) is 0 Å². The second-order valence-corrected chi connectivity index (χ2v) is 4.16. The minimum atomic E-state index is -5.54. The fourth-order valence-electron chi connectivity index (χ4n) is 1.10. The van der Waals surface area contributed by atoms with Crippen LogP contribution in [0.15, 0.2) is 6.07 Å². The maximum Gasteiger partial charge on any atom is 0.573 e. The van der Waals surface area contributed by atoms with Crippen molar-refractivity contribution >= 4 is 22.6 Å². The van der Waals surface area contributed by atoms with Gasteiger partial charge in [-0.2, -0.15) is 13.2 Å². The molecule has 1 rings (SSSR count). The van der Waals surface area contributed by atoms with E-state index >= 15 is 0 Å². The van der Waals surface area contributed by atoms with Crippen molar-refractivity contribution in [2.45, 2.75) is 19.0 Å². The zero-order valence-corrected chi connectivity index (χ0v) is 10.6. The molecule has 0 bridgehead atoms. The lowest BCUT2D eigenvalue weighted by Crippen LogP contribution is -2.22. The maximum absolute atomic E-state index is 12.5. The summed E-state index contributed by atoms with van der Waals surface area (Å²) in [5, 5.41) is 0. The number of hydrogen-bond donors (Lipinski definition) is 0. The third kappa shape index (κ3) is 4.31. The highest BCUT2D eigenvalue weighted by Crippen LogP contribution is 2.43. The second kappa shape index (κ2) is 5.25. The molecule has 0 unspecified atom stereocenters. The van der Waals surface area contributed by atoms with Gasteiger partial charge in [-0.1, -0.05) is 0 Å². The molecule has 0 saturated carbocycles. The number of hydrogen-bond acceptors (Lipinski definition) is 2. The van der Waals surface area contributed by atoms with Crippen molar-refractivity contribution in [2.75, 3.05) is 0 Å². The van der Waals surface area contributed by atoms with Crippen molar-refractivity contribution in [3.8, 4) is 5.75 Å². The fraction of sp³-hybridized carbons (Fsp3) is 0.375. The Morgan fingerprint density at radius 1 is 1.11 bits per heavy atom. The minimum Gasteiger partial charge on any atom is -0.403 e. The molecule has 1 aromatic heterocycles. The van der Waals surface area contributed by atoms with E-state index in [4.69, 9.17) is 0 Å². The summed E-state index contributed by atoms with van der Waals surface area (Å²) in [5.41, 5.74) is -3.67. The van der Waals surface area contributed by atoms with Crippen LogP contribution in [-0.4, -0.2) is 11.3 Å². The predicted octanol–water partition coefficient (Wildman–Crippen LogP) is 4.54. The first kappa shape index (κ1) is 16.2. The number of alkyl halides is 8. The Labute approximate surface area is 113 Å². The number of rotatable bonds is 2. The van der Waals surface area contributed by atoms with Crippen molar-refractivity contribution in [3.05, 3.63) is 21.0 Å². The van der Waals surface area contributed by atoms with Crippen LogP contribution in [0.4, 0.5) is 35.1 Å². The molecule has 0 amide bonds. The van der Waals surface area contributed by atoms with E-state index in [-0.39, 0.29) is 6.07 Å². The molecule has 0 radical (unpaired) electrons. The van der Waals surface area contributed by atoms with Crippen LogP contribution in [0.3, 0.4) is 0 Å². The standard InChI is InChI=1S/C8H2F8INO/c9-6(10)4-5(19-8(14,15)16)2(7(11,12)13)1-3(17)18-4/h1,6H. The van der Waals surface area contributed by atoms with E-state index in [0.717, 1.165) is 0 Å². The lowest BCUT2D eigenvalue weighted by molar-refractivity contribution is -0.277. The van der Waals surface area contributed by atoms with Gasteiger partial charge in [-0.05, 0) is 28.7 Å². The van der Waals surface area contributed by atoms with Crippen LogP contribution in [0, 0.1) is 3.70 Å². The van der Waals surface area contributed by atoms with Gasteiger partial charge in [0.1, 0.15) is 9.26 Å². The molecule has 0 N–H and O–H groups in total. The highest BCUT2D eigenvalue weighted by atomic mass is 127. The summed E-state index contributed by atoms with van der Waals surface area (Å²) in [6.07, 6.45) is -14.5. The second-order valence-electron chi connectivity index (χ2n) is 3.05. The summed E-state index contributed by atoms with van der Waals surface area (Å²) in [6, 6.07) is 0.188. The number of aromatic nitrogens is 1. The molecule has 108 valence electrons. The van der Waals surface area contributed by atoms with Gasteiger partial charge in [0, 0.05) is 0 Å². The first-order valence-corrected chi connectivity index (χ1v) is 5.31. The lowest BCUT2D eigenvalue weighted by atomic mass is 10.2. The van der Waals surface area contributed by atoms with E-state index in [1.165, 1.54) is 22.6 Å². The monoisotopic (exact) mass is 407 g/mol. The Morgan fingerprint density at radius 3 is 2.00 bits per heavy atom. The summed E-state index contributed by atoms with van der Waals surface area (Å²) >= 11 is 1.18. The molecule has 2 nitrogen and oxygen atoms in total. The van der Waals surface area contributed by atoms with Crippen molar-refractivity contribution in [2.24, 2.45) is 0 Å². The summed E-state index contributed by atoms with van der Waals surface area (Å²) in [7, 11) is 0. The maximum atomic E-state index is 12.5. The Kier molecular flexibility index (Phi) is 4.47. The third-order valence-electron chi connectivity index (χ3n) is 1.70. The third-order valence-corrected chi connectivity index (χ3v) is 2.25. The van der Waals surface area contributed by atoms with Crippen LogP contribution in [0.1, 0.15) is 17.7 Å². The molecule has 1 heterocycles. The molecule has 0 aliphatic carbocycles. The van der Waals surface area contributed by atoms with E-state index in [1.807, 2.05) is 0 Å². The molecule has 11 heteroatoms. The molecule has 0 aromatic carbocycles. The minimum absolute atomic E-state index is 0.188. The van der Waals surface area contributed by atoms with Gasteiger partial charge in [-0.15, -0.1) is 13.2 Å². The van der Waals surface area contributed by atoms with Crippen LogP contribution in [0.25, 0.3) is 0 Å². The van der Waals surface area contributed by atoms with Crippen LogP contribution in [0.2, 0.25) is 0 Å². The first-order valence-electron chi connectivity index (χ1n) is 4.23. The Morgan fingerprint density at radius 2 is 1.63 bits per heavy atom. The molecule has 1 aromatic rings. The molecule has 0 aliphatic rings. The smallest absolute Gasteiger partial charge is 0.403 e. The molecule has 0 fully saturated rings. The van der Waals surface area contributed by atoms with E-state index in [9.17, 15) is 35.1 Å². The molecule has 0 spiro atoms. The number of pyridine rings is 1. The van der Waals surface area contributed by atoms with Crippen molar-refractivity contribution < 1.29 is 39.9 Å². The topological polar surface area (TPSA) is 22.1 Å². The summed E-state index contributed by atoms with van der Waals surface area (Å²) < 4.78 is 101. The van der Waals surface area contributed by atoms with Gasteiger partial charge in [0.25, 0.3) is 6.43 Å². The molecule has 0 atom stereocenters. The Balaban J connectivity index is 3.52. The van der Waals surface area contributed by atoms with Crippen LogP contribution < -0.4 is 4.74 Å². The number of ether oxygens (including phenoxy) is 1. The number of nitrogens with zero attached hydrogens (tertiary/aromatic N) is 1. The number of halogens is 9. The summed E-state index contributed by atoms with van der Waals surface area (Å²) in [4.78, 5) is 2.94. The summed E-state index contributed by atoms with van der Waals surface area (Å²) in [6.45, 7) is 0. The van der Waals surface area contributed by atoms with Crippen LogP contribution in [0.5, 0.6) is 5.75 Å². The van der Waals surface area contributed by atoms with Crippen LogP contribution >= 0.6 is 22.6 Å². The van der Waals surface area contributed by atoms with E-state index in [0.29, 0.717) is 0 Å². The fourth-order valence-corrected chi connectivity index (χ4v) is 1.67. The van der Waals surface area contributed by atoms with Gasteiger partial charge >= 0.3 is 12.5 Å². The average molecular weight is 407 g/mol. The SMILES string of the molecule is FC(F)c1nc(I)cc(C(F)(F)F)c1OC(F)(F)F. The average Bonchev–Trinajstić information content (AvgIpc) is 2.16. The molecule has 19 heavy (non-hydrogen) atoms. The van der Waals surface area contributed by atoms with Gasteiger partial charge in [0.2, 0.25) is 0 Å². The highest BCUT2D eigenvalue weighted by Gasteiger charge is 2.42. The highest BCUT2D eigenvalue weighted by molar-refractivity contribution is 14.1. The molecule has 0 aliphatic heterocycles. The van der Waals surface area contributed by atoms with Crippen molar-refractivity contribution in [1.29, 1.82) is 0 Å². The molecule has 0 saturated heterocycles.